The van der Waals surface area contributed by atoms with Gasteiger partial charge in [-0.15, -0.1) is 13.2 Å². The highest BCUT2D eigenvalue weighted by molar-refractivity contribution is 6.74. The molecule has 4 atom stereocenters. The van der Waals surface area contributed by atoms with Crippen molar-refractivity contribution in [2.75, 3.05) is 26.3 Å². The van der Waals surface area contributed by atoms with E-state index in [0.717, 1.165) is 18.9 Å². The monoisotopic (exact) mass is 758 g/mol. The van der Waals surface area contributed by atoms with Crippen molar-refractivity contribution >= 4 is 25.6 Å². The molecular formula is C40H53F3N2O7Si. The van der Waals surface area contributed by atoms with Crippen LogP contribution < -0.4 is 9.47 Å². The van der Waals surface area contributed by atoms with E-state index in [1.165, 1.54) is 6.07 Å². The van der Waals surface area contributed by atoms with Crippen LogP contribution in [0.2, 0.25) is 18.1 Å². The zero-order chi connectivity index (χ0) is 39.1. The first-order chi connectivity index (χ1) is 24.9. The van der Waals surface area contributed by atoms with E-state index in [-0.39, 0.29) is 78.8 Å². The number of unbranched alkanes of at least 4 members (excludes halogenated alkanes) is 2. The lowest BCUT2D eigenvalue weighted by atomic mass is 9.57. The minimum Gasteiger partial charge on any atom is -0.507 e. The second-order valence-electron chi connectivity index (χ2n) is 15.8. The second kappa shape index (κ2) is 15.2. The molecule has 13 heteroatoms. The number of ether oxygens (including phenoxy) is 2. The summed E-state index contributed by atoms with van der Waals surface area (Å²) >= 11 is 0. The van der Waals surface area contributed by atoms with E-state index < -0.39 is 65.9 Å². The van der Waals surface area contributed by atoms with E-state index in [4.69, 9.17) is 18.4 Å². The Labute approximate surface area is 311 Å². The molecular weight excluding hydrogens is 706 g/mol. The topological polar surface area (TPSA) is 111 Å². The van der Waals surface area contributed by atoms with Crippen LogP contribution in [0.5, 0.6) is 11.6 Å². The van der Waals surface area contributed by atoms with Gasteiger partial charge in [0, 0.05) is 24.6 Å². The van der Waals surface area contributed by atoms with E-state index >= 15 is 9.59 Å². The molecule has 53 heavy (non-hydrogen) atoms. The van der Waals surface area contributed by atoms with Crippen molar-refractivity contribution in [1.82, 2.24) is 10.1 Å². The lowest BCUT2D eigenvalue weighted by Gasteiger charge is -2.55. The van der Waals surface area contributed by atoms with Crippen LogP contribution in [0.1, 0.15) is 106 Å². The molecule has 3 aliphatic rings. The molecule has 0 saturated heterocycles. The molecule has 1 fully saturated rings. The molecule has 5 rings (SSSR count). The van der Waals surface area contributed by atoms with E-state index in [0.29, 0.717) is 12.8 Å². The summed E-state index contributed by atoms with van der Waals surface area (Å²) in [5.41, 5.74) is -3.58. The minimum atomic E-state index is -4.74. The third-order valence-electron chi connectivity index (χ3n) is 11.3. The zero-order valence-corrected chi connectivity index (χ0v) is 33.0. The summed E-state index contributed by atoms with van der Waals surface area (Å²) in [6, 6.07) is 1.34. The Kier molecular flexibility index (Phi) is 11.6. The van der Waals surface area contributed by atoms with E-state index in [9.17, 15) is 18.3 Å². The first-order valence-corrected chi connectivity index (χ1v) is 21.5. The van der Waals surface area contributed by atoms with E-state index in [1.807, 2.05) is 52.6 Å². The largest absolute Gasteiger partial charge is 0.507 e. The highest BCUT2D eigenvalue weighted by atomic mass is 28.4. The number of aromatic nitrogens is 1. The Morgan fingerprint density at radius 3 is 2.21 bits per heavy atom. The Balaban J connectivity index is 1.84. The van der Waals surface area contributed by atoms with Gasteiger partial charge in [-0.1, -0.05) is 59.6 Å². The second-order valence-corrected chi connectivity index (χ2v) is 20.6. The van der Waals surface area contributed by atoms with Crippen molar-refractivity contribution in [2.45, 2.75) is 109 Å². The number of ketones is 2. The van der Waals surface area contributed by atoms with Gasteiger partial charge in [-0.2, -0.15) is 13.2 Å². The lowest BCUT2D eigenvalue weighted by molar-refractivity contribution is -0.141. The molecule has 1 aromatic heterocycles. The van der Waals surface area contributed by atoms with Crippen LogP contribution in [0.3, 0.4) is 0 Å². The first kappa shape index (κ1) is 40.5. The molecule has 1 N–H and O–H groups in total. The van der Waals surface area contributed by atoms with Gasteiger partial charge in [-0.3, -0.25) is 14.5 Å². The average molecular weight is 759 g/mol. The number of Topliss-reactive ketones (excluding diaryl/α,β-unsaturated/α-hetero) is 2. The Hall–Kier alpha value is -3.68. The number of halogens is 3. The van der Waals surface area contributed by atoms with Crippen LogP contribution in [-0.2, 0) is 21.8 Å². The quantitative estimate of drug-likeness (QED) is 0.0822. The lowest BCUT2D eigenvalue weighted by Crippen LogP contribution is -2.68. The Bertz CT molecular complexity index is 1770. The third kappa shape index (κ3) is 7.04. The highest BCUT2D eigenvalue weighted by Crippen LogP contribution is 2.60. The molecule has 9 nitrogen and oxygen atoms in total. The fraction of sp³-hybridized carbons (Fsp3) is 0.575. The minimum absolute atomic E-state index is 0.00904. The fourth-order valence-corrected chi connectivity index (χ4v) is 9.15. The predicted octanol–water partition coefficient (Wildman–Crippen LogP) is 9.45. The number of hydrogen-bond donors (Lipinski definition) is 1. The summed E-state index contributed by atoms with van der Waals surface area (Å²) in [5.74, 6) is -3.76. The molecule has 1 aromatic carbocycles. The molecule has 0 amide bonds. The fourth-order valence-electron chi connectivity index (χ4n) is 7.70. The number of carbonyl (C=O) groups excluding carboxylic acids is 2. The average Bonchev–Trinajstić information content (AvgIpc) is 3.48. The van der Waals surface area contributed by atoms with Crippen molar-refractivity contribution < 1.29 is 46.3 Å². The van der Waals surface area contributed by atoms with Gasteiger partial charge in [0.25, 0.3) is 5.88 Å². The number of hydrogen-bond acceptors (Lipinski definition) is 9. The summed E-state index contributed by atoms with van der Waals surface area (Å²) in [7, 11) is -3.03. The normalized spacial score (nSPS) is 23.0. The molecule has 1 saturated carbocycles. The van der Waals surface area contributed by atoms with Gasteiger partial charge in [0.2, 0.25) is 11.6 Å². The molecule has 1 heterocycles. The number of aliphatic hydroxyl groups is 1. The van der Waals surface area contributed by atoms with Crippen molar-refractivity contribution in [3.8, 4) is 11.6 Å². The van der Waals surface area contributed by atoms with E-state index in [2.05, 4.69) is 18.3 Å². The predicted molar refractivity (Wildman–Crippen MR) is 199 cm³/mol. The maximum absolute atomic E-state index is 15.6. The summed E-state index contributed by atoms with van der Waals surface area (Å²) in [4.78, 5) is 33.0. The summed E-state index contributed by atoms with van der Waals surface area (Å²) in [5, 5.41) is 15.9. The van der Waals surface area contributed by atoms with Crippen molar-refractivity contribution in [3.63, 3.8) is 0 Å². The maximum Gasteiger partial charge on any atom is 0.416 e. The van der Waals surface area contributed by atoms with Crippen molar-refractivity contribution in [2.24, 2.45) is 11.8 Å². The van der Waals surface area contributed by atoms with Crippen LogP contribution in [0, 0.1) is 11.8 Å². The number of carbonyl (C=O) groups is 2. The van der Waals surface area contributed by atoms with Gasteiger partial charge in [-0.05, 0) is 72.6 Å². The van der Waals surface area contributed by atoms with Crippen molar-refractivity contribution in [1.29, 1.82) is 0 Å². The summed E-state index contributed by atoms with van der Waals surface area (Å²) in [6.45, 7) is 22.7. The van der Waals surface area contributed by atoms with Crippen LogP contribution in [0.15, 0.2) is 47.5 Å². The number of benzene rings is 1. The summed E-state index contributed by atoms with van der Waals surface area (Å²) < 4.78 is 68.9. The number of alkyl halides is 3. The van der Waals surface area contributed by atoms with Gasteiger partial charge >= 0.3 is 6.18 Å². The molecule has 0 radical (unpaired) electrons. The molecule has 0 aliphatic heterocycles. The van der Waals surface area contributed by atoms with Gasteiger partial charge in [-0.25, -0.2) is 0 Å². The van der Waals surface area contributed by atoms with Gasteiger partial charge < -0.3 is 23.5 Å². The summed E-state index contributed by atoms with van der Waals surface area (Å²) in [6.07, 6.45) is 1.32. The SMILES string of the molecule is C=CCN(CC=C)[C@@H]1c2onc(OCCCC)c2C(=O)[C@@]2(O[Si](C)(C)C(C)(C)C)C(=O)C3=C(O)c4c(OCCCC)ccc(C(F)(F)F)c4C[C@H]3C[C@@H]12. The number of nitrogens with zero attached hydrogens (tertiary/aromatic N) is 2. The number of aliphatic hydroxyl groups excluding tert-OH is 1. The Morgan fingerprint density at radius 2 is 1.64 bits per heavy atom. The molecule has 2 aromatic rings. The van der Waals surface area contributed by atoms with Crippen LogP contribution in [-0.4, -0.2) is 67.0 Å². The molecule has 290 valence electrons. The van der Waals surface area contributed by atoms with Crippen LogP contribution in [0.25, 0.3) is 5.76 Å². The van der Waals surface area contributed by atoms with Crippen LogP contribution >= 0.6 is 0 Å². The maximum atomic E-state index is 15.6. The third-order valence-corrected chi connectivity index (χ3v) is 15.8. The standard InChI is InChI=1S/C40H53F3N2O7Si/c1-10-14-20-49-28-17-16-26(40(41,42)43)25-22-24-23-27-32(45(18-12-3)19-13-4)34-31(37(44-51-34)50-21-15-11-2)36(48)39(27,52-53(8,9)38(5,6)7)35(47)29(24)33(46)30(25)28/h12-13,16-17,24,27,32,46H,3-4,10-11,14-15,18-23H2,1-2,5-9H3/t24-,27-,32-,39-/m0/s1. The van der Waals surface area contributed by atoms with Gasteiger partial charge in [0.1, 0.15) is 17.1 Å². The molecule has 0 bridgehead atoms. The zero-order valence-electron chi connectivity index (χ0n) is 32.0. The smallest absolute Gasteiger partial charge is 0.416 e. The first-order valence-electron chi connectivity index (χ1n) is 18.6. The van der Waals surface area contributed by atoms with Gasteiger partial charge in [0.15, 0.2) is 19.7 Å². The number of rotatable bonds is 15. The molecule has 0 spiro atoms. The molecule has 0 unspecified atom stereocenters. The molecule has 3 aliphatic carbocycles. The van der Waals surface area contributed by atoms with Crippen LogP contribution in [0.4, 0.5) is 13.2 Å². The number of fused-ring (bicyclic) bond motifs is 4. The van der Waals surface area contributed by atoms with Crippen molar-refractivity contribution in [3.05, 3.63) is 71.0 Å². The highest BCUT2D eigenvalue weighted by Gasteiger charge is 2.69. The Morgan fingerprint density at radius 1 is 1.02 bits per heavy atom. The van der Waals surface area contributed by atoms with E-state index in [1.54, 1.807) is 12.2 Å². The van der Waals surface area contributed by atoms with Gasteiger partial charge in [0.05, 0.1) is 30.4 Å².